The van der Waals surface area contributed by atoms with Crippen LogP contribution in [0.2, 0.25) is 23.2 Å². The second-order valence-electron chi connectivity index (χ2n) is 13.2. The number of nitrogens with one attached hydrogen (secondary N) is 1. The lowest BCUT2D eigenvalue weighted by Crippen LogP contribution is -2.46. The molecule has 1 aromatic heterocycles. The number of hydrogen-bond donors (Lipinski definition) is 1. The highest BCUT2D eigenvalue weighted by Gasteiger charge is 2.40. The number of pyridine rings is 1. The lowest BCUT2D eigenvalue weighted by atomic mass is 10.0. The predicted octanol–water partition coefficient (Wildman–Crippen LogP) is 8.60. The summed E-state index contributed by atoms with van der Waals surface area (Å²) in [6.45, 7) is 17.4. The van der Waals surface area contributed by atoms with Gasteiger partial charge in [0.25, 0.3) is 0 Å². The maximum Gasteiger partial charge on any atom is 0.410 e. The van der Waals surface area contributed by atoms with Crippen LogP contribution in [-0.4, -0.2) is 62.6 Å². The molecule has 0 aliphatic heterocycles. The minimum Gasteiger partial charge on any atom is -0.464 e. The zero-order valence-corrected chi connectivity index (χ0v) is 29.1. The fourth-order valence-corrected chi connectivity index (χ4v) is 5.69. The molecule has 0 radical (unpaired) electrons. The zero-order chi connectivity index (χ0) is 32.7. The molecular formula is C34H46ClN3O5Si. The van der Waals surface area contributed by atoms with Crippen molar-refractivity contribution in [2.24, 2.45) is 0 Å². The standard InChI is InChI=1S/C34H46ClN3O5Si/c1-33(2,3)42-32(40)38(23-28(25-16-13-17-26(35)22-25)43-44(8,9)34(4,5)6)21-20-36-29-19-18-27(24-14-11-10-12-15-24)30(37-29)31(39)41-7/h10-19,22,28H,20-21,23H2,1-9H3,(H,36,37). The second-order valence-corrected chi connectivity index (χ2v) is 18.4. The SMILES string of the molecule is COC(=O)c1nc(NCCN(CC(O[Si](C)(C)C(C)(C)C)c2cccc(Cl)c2)C(=O)OC(C)(C)C)ccc1-c1ccccc1. The molecule has 0 saturated carbocycles. The maximum absolute atomic E-state index is 13.5. The van der Waals surface area contributed by atoms with E-state index in [9.17, 15) is 9.59 Å². The van der Waals surface area contributed by atoms with Gasteiger partial charge in [-0.15, -0.1) is 0 Å². The van der Waals surface area contributed by atoms with Gasteiger partial charge in [0.1, 0.15) is 11.4 Å². The van der Waals surface area contributed by atoms with Crippen molar-refractivity contribution in [3.05, 3.63) is 83.0 Å². The number of aromatic nitrogens is 1. The normalized spacial score (nSPS) is 12.8. The smallest absolute Gasteiger partial charge is 0.410 e. The van der Waals surface area contributed by atoms with Crippen LogP contribution < -0.4 is 5.32 Å². The monoisotopic (exact) mass is 639 g/mol. The minimum absolute atomic E-state index is 0.0446. The maximum atomic E-state index is 13.5. The van der Waals surface area contributed by atoms with Crippen LogP contribution in [0.15, 0.2) is 66.7 Å². The number of rotatable bonds is 11. The van der Waals surface area contributed by atoms with E-state index in [4.69, 9.17) is 25.5 Å². The van der Waals surface area contributed by atoms with E-state index in [0.717, 1.165) is 11.1 Å². The predicted molar refractivity (Wildman–Crippen MR) is 180 cm³/mol. The Labute approximate surface area is 268 Å². The number of esters is 1. The number of anilines is 1. The van der Waals surface area contributed by atoms with Gasteiger partial charge < -0.3 is 24.1 Å². The molecule has 1 N–H and O–H groups in total. The largest absolute Gasteiger partial charge is 0.464 e. The van der Waals surface area contributed by atoms with E-state index in [1.54, 1.807) is 4.90 Å². The van der Waals surface area contributed by atoms with Crippen LogP contribution in [0.3, 0.4) is 0 Å². The summed E-state index contributed by atoms with van der Waals surface area (Å²) in [7, 11) is -0.913. The number of ether oxygens (including phenoxy) is 2. The Bertz CT molecular complexity index is 1420. The van der Waals surface area contributed by atoms with Crippen molar-refractivity contribution in [2.75, 3.05) is 32.1 Å². The van der Waals surface area contributed by atoms with Gasteiger partial charge in [0.05, 0.1) is 19.8 Å². The summed E-state index contributed by atoms with van der Waals surface area (Å²) in [6, 6.07) is 20.8. The van der Waals surface area contributed by atoms with Crippen LogP contribution in [0.5, 0.6) is 0 Å². The number of amides is 1. The quantitative estimate of drug-likeness (QED) is 0.166. The average molecular weight is 640 g/mol. The summed E-state index contributed by atoms with van der Waals surface area (Å²) in [5.41, 5.74) is 1.95. The van der Waals surface area contributed by atoms with E-state index in [-0.39, 0.29) is 17.3 Å². The molecule has 1 unspecified atom stereocenters. The highest BCUT2D eigenvalue weighted by atomic mass is 35.5. The van der Waals surface area contributed by atoms with Gasteiger partial charge >= 0.3 is 12.1 Å². The lowest BCUT2D eigenvalue weighted by Gasteiger charge is -2.40. The first-order valence-corrected chi connectivity index (χ1v) is 18.1. The van der Waals surface area contributed by atoms with E-state index in [0.29, 0.717) is 29.5 Å². The molecule has 1 amide bonds. The van der Waals surface area contributed by atoms with Gasteiger partial charge in [-0.1, -0.05) is 74.8 Å². The first-order valence-electron chi connectivity index (χ1n) is 14.8. The van der Waals surface area contributed by atoms with Crippen LogP contribution in [0.25, 0.3) is 11.1 Å². The third-order valence-corrected chi connectivity index (χ3v) is 12.3. The molecule has 44 heavy (non-hydrogen) atoms. The number of carbonyl (C=O) groups is 2. The van der Waals surface area contributed by atoms with E-state index in [2.05, 4.69) is 44.2 Å². The molecule has 238 valence electrons. The number of benzene rings is 2. The van der Waals surface area contributed by atoms with Crippen LogP contribution in [0.4, 0.5) is 10.6 Å². The van der Waals surface area contributed by atoms with Crippen molar-refractivity contribution >= 4 is 37.8 Å². The van der Waals surface area contributed by atoms with Crippen molar-refractivity contribution < 1.29 is 23.5 Å². The first kappa shape index (κ1) is 35.1. The molecule has 0 aliphatic carbocycles. The number of halogens is 1. The highest BCUT2D eigenvalue weighted by Crippen LogP contribution is 2.40. The molecule has 0 saturated heterocycles. The van der Waals surface area contributed by atoms with Gasteiger partial charge in [-0.3, -0.25) is 0 Å². The molecule has 2 aromatic carbocycles. The molecule has 1 heterocycles. The molecule has 1 atom stereocenters. The highest BCUT2D eigenvalue weighted by molar-refractivity contribution is 6.74. The molecule has 0 fully saturated rings. The van der Waals surface area contributed by atoms with Crippen molar-refractivity contribution in [1.82, 2.24) is 9.88 Å². The van der Waals surface area contributed by atoms with E-state index < -0.39 is 32.1 Å². The molecule has 0 aliphatic rings. The van der Waals surface area contributed by atoms with Gasteiger partial charge in [0.2, 0.25) is 0 Å². The number of nitrogens with zero attached hydrogens (tertiary/aromatic N) is 2. The van der Waals surface area contributed by atoms with Gasteiger partial charge in [-0.05, 0) is 74.3 Å². The van der Waals surface area contributed by atoms with E-state index in [1.165, 1.54) is 7.11 Å². The summed E-state index contributed by atoms with van der Waals surface area (Å²) in [5.74, 6) is -0.0480. The average Bonchev–Trinajstić information content (AvgIpc) is 2.94. The second kappa shape index (κ2) is 14.6. The van der Waals surface area contributed by atoms with Gasteiger partial charge in [-0.25, -0.2) is 14.6 Å². The molecule has 8 nitrogen and oxygen atoms in total. The summed E-state index contributed by atoms with van der Waals surface area (Å²) in [5, 5.41) is 3.82. The van der Waals surface area contributed by atoms with Gasteiger partial charge in [0.15, 0.2) is 14.0 Å². The van der Waals surface area contributed by atoms with E-state index in [1.807, 2.05) is 87.5 Å². The topological polar surface area (TPSA) is 90.0 Å². The Morgan fingerprint density at radius 2 is 1.66 bits per heavy atom. The van der Waals surface area contributed by atoms with E-state index >= 15 is 0 Å². The first-order chi connectivity index (χ1) is 20.5. The summed E-state index contributed by atoms with van der Waals surface area (Å²) < 4.78 is 17.7. The zero-order valence-electron chi connectivity index (χ0n) is 27.4. The van der Waals surface area contributed by atoms with Crippen LogP contribution in [-0.2, 0) is 13.9 Å². The third kappa shape index (κ3) is 9.80. The molecule has 10 heteroatoms. The van der Waals surface area contributed by atoms with Crippen LogP contribution >= 0.6 is 11.6 Å². The van der Waals surface area contributed by atoms with Crippen molar-refractivity contribution in [2.45, 2.75) is 71.4 Å². The Hall–Kier alpha value is -3.40. The number of hydrogen-bond acceptors (Lipinski definition) is 7. The summed E-state index contributed by atoms with van der Waals surface area (Å²) in [6.07, 6.45) is -0.871. The van der Waals surface area contributed by atoms with Crippen LogP contribution in [0, 0.1) is 0 Å². The Kier molecular flexibility index (Phi) is 11.6. The summed E-state index contributed by atoms with van der Waals surface area (Å²) in [4.78, 5) is 32.3. The van der Waals surface area contributed by atoms with Gasteiger partial charge in [-0.2, -0.15) is 0 Å². The molecular weight excluding hydrogens is 594 g/mol. The molecule has 0 spiro atoms. The number of methoxy groups -OCH3 is 1. The van der Waals surface area contributed by atoms with Crippen molar-refractivity contribution in [3.63, 3.8) is 0 Å². The van der Waals surface area contributed by atoms with Crippen molar-refractivity contribution in [1.29, 1.82) is 0 Å². The Balaban J connectivity index is 1.88. The van der Waals surface area contributed by atoms with Crippen LogP contribution in [0.1, 0.15) is 63.7 Å². The Morgan fingerprint density at radius 1 is 0.977 bits per heavy atom. The molecule has 3 rings (SSSR count). The summed E-state index contributed by atoms with van der Waals surface area (Å²) >= 11 is 6.38. The Morgan fingerprint density at radius 3 is 2.25 bits per heavy atom. The molecule has 3 aromatic rings. The van der Waals surface area contributed by atoms with Crippen molar-refractivity contribution in [3.8, 4) is 11.1 Å². The third-order valence-electron chi connectivity index (χ3n) is 7.55. The fraction of sp³-hybridized carbons (Fsp3) is 0.441. The molecule has 0 bridgehead atoms. The van der Waals surface area contributed by atoms with Gasteiger partial charge in [0, 0.05) is 23.7 Å². The number of carbonyl (C=O) groups excluding carboxylic acids is 2. The lowest BCUT2D eigenvalue weighted by molar-refractivity contribution is 0.0165. The fourth-order valence-electron chi connectivity index (χ4n) is 4.21. The minimum atomic E-state index is -2.25.